The molecular formula is C21H15ClN4O2S. The molecule has 2 aromatic heterocycles. The number of halogens is 1. The number of amides is 1. The first-order valence-corrected chi connectivity index (χ1v) is 9.54. The van der Waals surface area contributed by atoms with Crippen LogP contribution in [-0.2, 0) is 6.54 Å². The van der Waals surface area contributed by atoms with E-state index in [1.54, 1.807) is 54.9 Å². The van der Waals surface area contributed by atoms with Crippen LogP contribution in [0.3, 0.4) is 0 Å². The average Bonchev–Trinajstić information content (AvgIpc) is 2.73. The summed E-state index contributed by atoms with van der Waals surface area (Å²) >= 11 is 11.2. The fraction of sp³-hybridized carbons (Fsp3) is 0.0476. The van der Waals surface area contributed by atoms with Crippen molar-refractivity contribution in [2.75, 3.05) is 0 Å². The van der Waals surface area contributed by atoms with E-state index >= 15 is 0 Å². The number of carbonyl (C=O) groups is 1. The number of H-pyrrole nitrogens is 1. The Balaban J connectivity index is 1.64. The summed E-state index contributed by atoms with van der Waals surface area (Å²) < 4.78 is 1.61. The predicted octanol–water partition coefficient (Wildman–Crippen LogP) is 4.03. The van der Waals surface area contributed by atoms with Crippen LogP contribution in [-0.4, -0.2) is 20.4 Å². The van der Waals surface area contributed by atoms with Crippen molar-refractivity contribution in [3.05, 3.63) is 98.3 Å². The van der Waals surface area contributed by atoms with Gasteiger partial charge in [0.25, 0.3) is 11.5 Å². The second kappa shape index (κ2) is 7.98. The first kappa shape index (κ1) is 19.0. The molecule has 6 nitrogen and oxygen atoms in total. The molecule has 0 atom stereocenters. The third-order valence-corrected chi connectivity index (χ3v) is 4.97. The summed E-state index contributed by atoms with van der Waals surface area (Å²) in [6.07, 6.45) is 3.19. The monoisotopic (exact) mass is 422 g/mol. The second-order valence-corrected chi connectivity index (χ2v) is 7.17. The van der Waals surface area contributed by atoms with Crippen LogP contribution >= 0.6 is 23.8 Å². The zero-order valence-electron chi connectivity index (χ0n) is 15.1. The van der Waals surface area contributed by atoms with Gasteiger partial charge in [-0.15, -0.1) is 0 Å². The summed E-state index contributed by atoms with van der Waals surface area (Å²) in [4.78, 5) is 32.5. The maximum atomic E-state index is 12.9. The van der Waals surface area contributed by atoms with Gasteiger partial charge in [0, 0.05) is 23.3 Å². The minimum Gasteiger partial charge on any atom is -0.348 e. The van der Waals surface area contributed by atoms with Crippen molar-refractivity contribution in [3.63, 3.8) is 0 Å². The molecule has 2 N–H and O–H groups in total. The lowest BCUT2D eigenvalue weighted by atomic mass is 10.1. The van der Waals surface area contributed by atoms with Crippen LogP contribution in [0.1, 0.15) is 15.9 Å². The lowest BCUT2D eigenvalue weighted by molar-refractivity contribution is 0.0951. The maximum absolute atomic E-state index is 12.9. The highest BCUT2D eigenvalue weighted by molar-refractivity contribution is 7.71. The highest BCUT2D eigenvalue weighted by atomic mass is 35.5. The van der Waals surface area contributed by atoms with Crippen molar-refractivity contribution in [1.29, 1.82) is 0 Å². The standard InChI is InChI=1S/C21H15ClN4O2S/c22-15-6-3-13(4-7-15)11-24-19(27)14-5-8-17-18(10-14)25-21(29)26(20(17)28)16-2-1-9-23-12-16/h1-10,12H,11H2,(H,24,27)(H,25,29). The van der Waals surface area contributed by atoms with Crippen molar-refractivity contribution in [2.45, 2.75) is 6.54 Å². The molecule has 144 valence electrons. The number of hydrogen-bond acceptors (Lipinski definition) is 4. The van der Waals surface area contributed by atoms with Crippen LogP contribution in [0.2, 0.25) is 5.02 Å². The predicted molar refractivity (Wildman–Crippen MR) is 115 cm³/mol. The molecule has 2 aromatic carbocycles. The molecule has 0 aliphatic rings. The van der Waals surface area contributed by atoms with Crippen LogP contribution < -0.4 is 10.9 Å². The molecule has 4 aromatic rings. The first-order chi connectivity index (χ1) is 14.0. The number of fused-ring (bicyclic) bond motifs is 1. The molecule has 2 heterocycles. The van der Waals surface area contributed by atoms with E-state index in [2.05, 4.69) is 15.3 Å². The van der Waals surface area contributed by atoms with Crippen molar-refractivity contribution < 1.29 is 4.79 Å². The van der Waals surface area contributed by atoms with E-state index in [-0.39, 0.29) is 16.2 Å². The van der Waals surface area contributed by atoms with Crippen LogP contribution in [0, 0.1) is 4.77 Å². The molecule has 0 saturated heterocycles. The summed E-state index contributed by atoms with van der Waals surface area (Å²) in [5, 5.41) is 3.92. The Morgan fingerprint density at radius 1 is 1.17 bits per heavy atom. The molecule has 0 saturated carbocycles. The summed E-state index contributed by atoms with van der Waals surface area (Å²) in [6.45, 7) is 0.368. The van der Waals surface area contributed by atoms with Gasteiger partial charge in [-0.3, -0.25) is 19.1 Å². The summed E-state index contributed by atoms with van der Waals surface area (Å²) in [5.74, 6) is -0.252. The topological polar surface area (TPSA) is 79.8 Å². The molecule has 1 amide bonds. The highest BCUT2D eigenvalue weighted by Crippen LogP contribution is 2.14. The fourth-order valence-corrected chi connectivity index (χ4v) is 3.39. The number of rotatable bonds is 4. The Hall–Kier alpha value is -3.29. The number of nitrogens with zero attached hydrogens (tertiary/aromatic N) is 2. The van der Waals surface area contributed by atoms with Crippen molar-refractivity contribution in [3.8, 4) is 5.69 Å². The number of benzene rings is 2. The van der Waals surface area contributed by atoms with Crippen LogP contribution in [0.15, 0.2) is 71.8 Å². The third kappa shape index (κ3) is 3.96. The molecule has 8 heteroatoms. The van der Waals surface area contributed by atoms with E-state index < -0.39 is 0 Å². The van der Waals surface area contributed by atoms with Gasteiger partial charge in [-0.2, -0.15) is 0 Å². The van der Waals surface area contributed by atoms with Gasteiger partial charge in [-0.05, 0) is 60.2 Å². The van der Waals surface area contributed by atoms with Gasteiger partial charge in [0.05, 0.1) is 22.8 Å². The van der Waals surface area contributed by atoms with Crippen molar-refractivity contribution >= 4 is 40.6 Å². The molecule has 0 spiro atoms. The molecule has 0 fully saturated rings. The zero-order chi connectivity index (χ0) is 20.4. The minimum absolute atomic E-state index is 0.231. The van der Waals surface area contributed by atoms with E-state index in [0.29, 0.717) is 33.7 Å². The second-order valence-electron chi connectivity index (χ2n) is 6.35. The quantitative estimate of drug-likeness (QED) is 0.487. The Bertz CT molecular complexity index is 1310. The maximum Gasteiger partial charge on any atom is 0.266 e. The average molecular weight is 423 g/mol. The van der Waals surface area contributed by atoms with Gasteiger partial charge in [0.2, 0.25) is 0 Å². The Kier molecular flexibility index (Phi) is 5.24. The summed E-state index contributed by atoms with van der Waals surface area (Å²) in [6, 6.07) is 15.6. The van der Waals surface area contributed by atoms with Gasteiger partial charge in [-0.25, -0.2) is 0 Å². The molecule has 0 radical (unpaired) electrons. The summed E-state index contributed by atoms with van der Waals surface area (Å²) in [7, 11) is 0. The number of pyridine rings is 1. The normalized spacial score (nSPS) is 10.8. The zero-order valence-corrected chi connectivity index (χ0v) is 16.6. The molecular weight excluding hydrogens is 408 g/mol. The lowest BCUT2D eigenvalue weighted by Gasteiger charge is -2.09. The minimum atomic E-state index is -0.273. The van der Waals surface area contributed by atoms with E-state index in [1.165, 1.54) is 4.57 Å². The van der Waals surface area contributed by atoms with Gasteiger partial charge in [0.15, 0.2) is 4.77 Å². The fourth-order valence-electron chi connectivity index (χ4n) is 2.97. The molecule has 0 bridgehead atoms. The van der Waals surface area contributed by atoms with Crippen LogP contribution in [0.25, 0.3) is 16.6 Å². The number of aromatic amines is 1. The number of nitrogens with one attached hydrogen (secondary N) is 2. The molecule has 0 aliphatic heterocycles. The third-order valence-electron chi connectivity index (χ3n) is 4.43. The Morgan fingerprint density at radius 3 is 2.69 bits per heavy atom. The summed E-state index contributed by atoms with van der Waals surface area (Å²) in [5.41, 5.74) is 2.16. The smallest absolute Gasteiger partial charge is 0.266 e. The Morgan fingerprint density at radius 2 is 1.97 bits per heavy atom. The highest BCUT2D eigenvalue weighted by Gasteiger charge is 2.11. The number of carbonyl (C=O) groups excluding carboxylic acids is 1. The van der Waals surface area contributed by atoms with E-state index in [4.69, 9.17) is 23.8 Å². The van der Waals surface area contributed by atoms with Gasteiger partial charge >= 0.3 is 0 Å². The lowest BCUT2D eigenvalue weighted by Crippen LogP contribution is -2.24. The van der Waals surface area contributed by atoms with Gasteiger partial charge in [0.1, 0.15) is 0 Å². The number of aromatic nitrogens is 3. The molecule has 0 aliphatic carbocycles. The Labute approximate surface area is 175 Å². The number of hydrogen-bond donors (Lipinski definition) is 2. The molecule has 29 heavy (non-hydrogen) atoms. The van der Waals surface area contributed by atoms with E-state index in [1.807, 2.05) is 12.1 Å². The molecule has 4 rings (SSSR count). The van der Waals surface area contributed by atoms with Gasteiger partial charge in [-0.1, -0.05) is 23.7 Å². The van der Waals surface area contributed by atoms with E-state index in [9.17, 15) is 9.59 Å². The largest absolute Gasteiger partial charge is 0.348 e. The van der Waals surface area contributed by atoms with Crippen molar-refractivity contribution in [1.82, 2.24) is 19.9 Å². The SMILES string of the molecule is O=C(NCc1ccc(Cl)cc1)c1ccc2c(=O)n(-c3cccnc3)c(=S)[nH]c2c1. The van der Waals surface area contributed by atoms with Crippen LogP contribution in [0.4, 0.5) is 0 Å². The van der Waals surface area contributed by atoms with Gasteiger partial charge < -0.3 is 10.3 Å². The van der Waals surface area contributed by atoms with E-state index in [0.717, 1.165) is 5.56 Å². The first-order valence-electron chi connectivity index (χ1n) is 8.75. The van der Waals surface area contributed by atoms with Crippen LogP contribution in [0.5, 0.6) is 0 Å². The molecule has 0 unspecified atom stereocenters. The van der Waals surface area contributed by atoms with Crippen molar-refractivity contribution in [2.24, 2.45) is 0 Å².